The van der Waals surface area contributed by atoms with Crippen molar-refractivity contribution in [3.05, 3.63) is 52.8 Å². The van der Waals surface area contributed by atoms with Gasteiger partial charge in [-0.05, 0) is 40.2 Å². The summed E-state index contributed by atoms with van der Waals surface area (Å²) in [6.45, 7) is 0. The van der Waals surface area contributed by atoms with Crippen LogP contribution in [0.4, 0.5) is 14.5 Å². The molecule has 4 nitrogen and oxygen atoms in total. The number of halogens is 3. The van der Waals surface area contributed by atoms with Crippen molar-refractivity contribution in [2.24, 2.45) is 0 Å². The number of hydrogen-bond donors (Lipinski definition) is 1. The molecule has 0 unspecified atom stereocenters. The van der Waals surface area contributed by atoms with Gasteiger partial charge in [0.25, 0.3) is 10.0 Å². The van der Waals surface area contributed by atoms with Crippen molar-refractivity contribution in [2.75, 3.05) is 4.72 Å². The van der Waals surface area contributed by atoms with Crippen LogP contribution in [0.2, 0.25) is 0 Å². The van der Waals surface area contributed by atoms with Gasteiger partial charge in [-0.25, -0.2) is 17.2 Å². The molecule has 2 rings (SSSR count). The molecule has 100 valence electrons. The Kier molecular flexibility index (Phi) is 3.81. The molecule has 0 radical (unpaired) electrons. The number of sulfonamides is 1. The van der Waals surface area contributed by atoms with Crippen LogP contribution in [-0.4, -0.2) is 13.4 Å². The Morgan fingerprint density at radius 2 is 1.89 bits per heavy atom. The number of pyridine rings is 1. The third-order valence-corrected chi connectivity index (χ3v) is 4.12. The van der Waals surface area contributed by atoms with Crippen molar-refractivity contribution in [3.63, 3.8) is 0 Å². The molecule has 0 aliphatic heterocycles. The van der Waals surface area contributed by atoms with Gasteiger partial charge in [0.05, 0.1) is 16.4 Å². The molecule has 0 spiro atoms. The number of nitrogens with one attached hydrogen (secondary N) is 1. The molecule has 1 N–H and O–H groups in total. The molecule has 19 heavy (non-hydrogen) atoms. The second-order valence-corrected chi connectivity index (χ2v) is 6.11. The maximum absolute atomic E-state index is 13.0. The Bertz CT molecular complexity index is 722. The van der Waals surface area contributed by atoms with E-state index >= 15 is 0 Å². The van der Waals surface area contributed by atoms with Crippen molar-refractivity contribution in [1.29, 1.82) is 0 Å². The van der Waals surface area contributed by atoms with Crippen molar-refractivity contribution >= 4 is 31.6 Å². The molecule has 0 amide bonds. The molecule has 0 aliphatic rings. The average Bonchev–Trinajstić information content (AvgIpc) is 2.33. The quantitative estimate of drug-likeness (QED) is 0.927. The lowest BCUT2D eigenvalue weighted by Gasteiger charge is -2.08. The average molecular weight is 349 g/mol. The van der Waals surface area contributed by atoms with E-state index in [0.717, 1.165) is 24.5 Å². The topological polar surface area (TPSA) is 59.1 Å². The SMILES string of the molecule is O=S(=O)(Nc1ccc(F)c(Br)c1)c1cncc(F)c1. The summed E-state index contributed by atoms with van der Waals surface area (Å²) in [5, 5.41) is 0. The zero-order chi connectivity index (χ0) is 14.0. The summed E-state index contributed by atoms with van der Waals surface area (Å²) in [7, 11) is -3.96. The molecule has 2 aromatic rings. The maximum atomic E-state index is 13.0. The largest absolute Gasteiger partial charge is 0.280 e. The maximum Gasteiger partial charge on any atom is 0.263 e. The number of anilines is 1. The Balaban J connectivity index is 2.33. The predicted molar refractivity (Wildman–Crippen MR) is 69.1 cm³/mol. The highest BCUT2D eigenvalue weighted by Gasteiger charge is 2.16. The van der Waals surface area contributed by atoms with E-state index in [4.69, 9.17) is 0 Å². The fraction of sp³-hybridized carbons (Fsp3) is 0. The van der Waals surface area contributed by atoms with E-state index in [2.05, 4.69) is 25.6 Å². The minimum atomic E-state index is -3.96. The first kappa shape index (κ1) is 13.9. The second-order valence-electron chi connectivity index (χ2n) is 3.57. The zero-order valence-corrected chi connectivity index (χ0v) is 11.7. The summed E-state index contributed by atoms with van der Waals surface area (Å²) in [5.41, 5.74) is 0.150. The molecule has 0 saturated carbocycles. The van der Waals surface area contributed by atoms with Crippen molar-refractivity contribution in [1.82, 2.24) is 4.98 Å². The third-order valence-electron chi connectivity index (χ3n) is 2.16. The van der Waals surface area contributed by atoms with Crippen LogP contribution in [0, 0.1) is 11.6 Å². The van der Waals surface area contributed by atoms with Crippen LogP contribution in [-0.2, 0) is 10.0 Å². The van der Waals surface area contributed by atoms with Gasteiger partial charge >= 0.3 is 0 Å². The first-order valence-corrected chi connectivity index (χ1v) is 7.24. The highest BCUT2D eigenvalue weighted by molar-refractivity contribution is 9.10. The molecule has 1 aromatic carbocycles. The second kappa shape index (κ2) is 5.22. The van der Waals surface area contributed by atoms with E-state index in [1.807, 2.05) is 0 Å². The summed E-state index contributed by atoms with van der Waals surface area (Å²) in [5.74, 6) is -1.28. The van der Waals surface area contributed by atoms with Crippen LogP contribution in [0.5, 0.6) is 0 Å². The smallest absolute Gasteiger partial charge is 0.263 e. The van der Waals surface area contributed by atoms with E-state index in [-0.39, 0.29) is 15.1 Å². The first-order valence-electron chi connectivity index (χ1n) is 4.97. The first-order chi connectivity index (χ1) is 8.88. The molecular weight excluding hydrogens is 342 g/mol. The summed E-state index contributed by atoms with van der Waals surface area (Å²) in [4.78, 5) is 3.15. The summed E-state index contributed by atoms with van der Waals surface area (Å²) in [6.07, 6.45) is 1.91. The molecule has 1 heterocycles. The fourth-order valence-electron chi connectivity index (χ4n) is 1.31. The Hall–Kier alpha value is -1.54. The van der Waals surface area contributed by atoms with E-state index in [1.54, 1.807) is 0 Å². The predicted octanol–water partition coefficient (Wildman–Crippen LogP) is 2.92. The highest BCUT2D eigenvalue weighted by atomic mass is 79.9. The van der Waals surface area contributed by atoms with Gasteiger partial charge in [0, 0.05) is 6.20 Å². The number of aromatic nitrogens is 1. The zero-order valence-electron chi connectivity index (χ0n) is 9.27. The van der Waals surface area contributed by atoms with E-state index in [9.17, 15) is 17.2 Å². The lowest BCUT2D eigenvalue weighted by atomic mass is 10.3. The number of rotatable bonds is 3. The molecule has 1 aromatic heterocycles. The molecule has 8 heteroatoms. The molecule has 0 saturated heterocycles. The van der Waals surface area contributed by atoms with E-state index in [1.165, 1.54) is 12.1 Å². The summed E-state index contributed by atoms with van der Waals surface area (Å²) >= 11 is 2.94. The Labute approximate surface area is 116 Å². The third kappa shape index (κ3) is 3.27. The highest BCUT2D eigenvalue weighted by Crippen LogP contribution is 2.22. The van der Waals surface area contributed by atoms with Crippen LogP contribution in [0.3, 0.4) is 0 Å². The lowest BCUT2D eigenvalue weighted by molar-refractivity contribution is 0.592. The van der Waals surface area contributed by atoms with E-state index < -0.39 is 21.7 Å². The molecule has 0 bridgehead atoms. The standard InChI is InChI=1S/C11H7BrF2N2O2S/c12-10-4-8(1-2-11(10)14)16-19(17,18)9-3-7(13)5-15-6-9/h1-6,16H. The van der Waals surface area contributed by atoms with Gasteiger partial charge < -0.3 is 0 Å². The fourth-order valence-corrected chi connectivity index (χ4v) is 2.71. The van der Waals surface area contributed by atoms with Crippen LogP contribution >= 0.6 is 15.9 Å². The van der Waals surface area contributed by atoms with Crippen LogP contribution < -0.4 is 4.72 Å². The van der Waals surface area contributed by atoms with Gasteiger partial charge in [-0.15, -0.1) is 0 Å². The van der Waals surface area contributed by atoms with E-state index in [0.29, 0.717) is 0 Å². The Morgan fingerprint density at radius 3 is 2.53 bits per heavy atom. The molecular formula is C11H7BrF2N2O2S. The van der Waals surface area contributed by atoms with Crippen molar-refractivity contribution < 1.29 is 17.2 Å². The van der Waals surface area contributed by atoms with Gasteiger partial charge in [0.15, 0.2) is 0 Å². The lowest BCUT2D eigenvalue weighted by Crippen LogP contribution is -2.13. The van der Waals surface area contributed by atoms with Crippen LogP contribution in [0.15, 0.2) is 46.0 Å². The van der Waals surface area contributed by atoms with Gasteiger partial charge in [-0.2, -0.15) is 0 Å². The van der Waals surface area contributed by atoms with Crippen LogP contribution in [0.1, 0.15) is 0 Å². The van der Waals surface area contributed by atoms with Gasteiger partial charge in [-0.1, -0.05) is 0 Å². The number of benzene rings is 1. The minimum absolute atomic E-state index is 0.116. The molecule has 0 fully saturated rings. The monoisotopic (exact) mass is 348 g/mol. The van der Waals surface area contributed by atoms with Gasteiger partial charge in [0.2, 0.25) is 0 Å². The van der Waals surface area contributed by atoms with Gasteiger partial charge in [0.1, 0.15) is 16.5 Å². The molecule has 0 aliphatic carbocycles. The molecule has 0 atom stereocenters. The summed E-state index contributed by atoms with van der Waals surface area (Å²) < 4.78 is 52.1. The normalized spacial score (nSPS) is 11.3. The van der Waals surface area contributed by atoms with Gasteiger partial charge in [-0.3, -0.25) is 9.71 Å². The Morgan fingerprint density at radius 1 is 1.16 bits per heavy atom. The van der Waals surface area contributed by atoms with Crippen LogP contribution in [0.25, 0.3) is 0 Å². The summed E-state index contributed by atoms with van der Waals surface area (Å²) in [6, 6.07) is 4.46. The minimum Gasteiger partial charge on any atom is -0.280 e. The van der Waals surface area contributed by atoms with Crippen molar-refractivity contribution in [3.8, 4) is 0 Å². The number of nitrogens with zero attached hydrogens (tertiary/aromatic N) is 1. The van der Waals surface area contributed by atoms with Crippen molar-refractivity contribution in [2.45, 2.75) is 4.90 Å². The number of hydrogen-bond acceptors (Lipinski definition) is 3.